The number of carbonyl (C=O) groups is 1. The van der Waals surface area contributed by atoms with E-state index in [2.05, 4.69) is 25.6 Å². The number of pyridine rings is 1. The second-order valence-electron chi connectivity index (χ2n) is 6.70. The zero-order valence-corrected chi connectivity index (χ0v) is 17.9. The van der Waals surface area contributed by atoms with Crippen LogP contribution in [-0.2, 0) is 0 Å². The number of anilines is 3. The van der Waals surface area contributed by atoms with Crippen molar-refractivity contribution in [1.29, 1.82) is 0 Å². The molecule has 0 aliphatic heterocycles. The summed E-state index contributed by atoms with van der Waals surface area (Å²) in [6.07, 6.45) is 4.88. The maximum atomic E-state index is 12.7. The third kappa shape index (κ3) is 4.66. The van der Waals surface area contributed by atoms with Gasteiger partial charge in [-0.2, -0.15) is 0 Å². The Morgan fingerprint density at radius 2 is 1.84 bits per heavy atom. The monoisotopic (exact) mass is 449 g/mol. The van der Waals surface area contributed by atoms with E-state index in [1.807, 2.05) is 43.3 Å². The van der Waals surface area contributed by atoms with Crippen LogP contribution in [0.15, 0.2) is 73.3 Å². The Kier molecular flexibility index (Phi) is 6.11. The standard InChI is InChI=1S/C23H17Cl2N5O/c1-14-7-8-15(29-23(31)17-4-2-6-18(24)21(17)25)12-20(14)30-22-16(5-3-10-27-22)19-9-11-26-13-28-19/h2-13H,1H3,(H,27,30)(H,29,31). The zero-order valence-electron chi connectivity index (χ0n) is 16.4. The fourth-order valence-electron chi connectivity index (χ4n) is 3.00. The zero-order chi connectivity index (χ0) is 21.8. The van der Waals surface area contributed by atoms with E-state index in [0.717, 1.165) is 22.5 Å². The van der Waals surface area contributed by atoms with Crippen molar-refractivity contribution in [2.45, 2.75) is 6.92 Å². The minimum absolute atomic E-state index is 0.218. The van der Waals surface area contributed by atoms with Crippen LogP contribution in [-0.4, -0.2) is 20.9 Å². The molecular formula is C23H17Cl2N5O. The number of hydrogen-bond acceptors (Lipinski definition) is 5. The highest BCUT2D eigenvalue weighted by molar-refractivity contribution is 6.44. The first-order chi connectivity index (χ1) is 15.0. The van der Waals surface area contributed by atoms with Crippen molar-refractivity contribution in [2.24, 2.45) is 0 Å². The lowest BCUT2D eigenvalue weighted by Gasteiger charge is -2.14. The molecule has 0 atom stereocenters. The first-order valence-electron chi connectivity index (χ1n) is 9.37. The lowest BCUT2D eigenvalue weighted by atomic mass is 10.1. The van der Waals surface area contributed by atoms with E-state index in [4.69, 9.17) is 23.2 Å². The predicted octanol–water partition coefficient (Wildman–Crippen LogP) is 6.15. The Labute approximate surface area is 189 Å². The third-order valence-electron chi connectivity index (χ3n) is 4.61. The molecule has 154 valence electrons. The fourth-order valence-corrected chi connectivity index (χ4v) is 3.39. The Morgan fingerprint density at radius 1 is 0.968 bits per heavy atom. The molecule has 6 nitrogen and oxygen atoms in total. The SMILES string of the molecule is Cc1ccc(NC(=O)c2cccc(Cl)c2Cl)cc1Nc1ncccc1-c1ccncn1. The van der Waals surface area contributed by atoms with Crippen molar-refractivity contribution in [1.82, 2.24) is 15.0 Å². The number of nitrogens with zero attached hydrogens (tertiary/aromatic N) is 3. The van der Waals surface area contributed by atoms with Crippen LogP contribution in [0.4, 0.5) is 17.2 Å². The molecule has 0 bridgehead atoms. The van der Waals surface area contributed by atoms with Gasteiger partial charge in [-0.3, -0.25) is 4.79 Å². The van der Waals surface area contributed by atoms with E-state index in [9.17, 15) is 4.79 Å². The minimum Gasteiger partial charge on any atom is -0.339 e. The molecule has 1 amide bonds. The molecule has 2 aromatic heterocycles. The van der Waals surface area contributed by atoms with Crippen LogP contribution in [0.3, 0.4) is 0 Å². The first kappa shape index (κ1) is 20.8. The molecule has 0 aliphatic rings. The smallest absolute Gasteiger partial charge is 0.257 e. The highest BCUT2D eigenvalue weighted by Crippen LogP contribution is 2.30. The van der Waals surface area contributed by atoms with Crippen LogP contribution < -0.4 is 10.6 Å². The Bertz CT molecular complexity index is 1250. The van der Waals surface area contributed by atoms with Crippen LogP contribution in [0.2, 0.25) is 10.0 Å². The summed E-state index contributed by atoms with van der Waals surface area (Å²) < 4.78 is 0. The molecule has 2 heterocycles. The molecule has 4 rings (SSSR count). The number of rotatable bonds is 5. The molecule has 0 unspecified atom stereocenters. The Morgan fingerprint density at radius 3 is 2.65 bits per heavy atom. The van der Waals surface area contributed by atoms with Gasteiger partial charge < -0.3 is 10.6 Å². The van der Waals surface area contributed by atoms with Gasteiger partial charge in [0.15, 0.2) is 0 Å². The van der Waals surface area contributed by atoms with E-state index >= 15 is 0 Å². The number of hydrogen-bond donors (Lipinski definition) is 2. The molecule has 2 aromatic carbocycles. The van der Waals surface area contributed by atoms with E-state index in [-0.39, 0.29) is 10.9 Å². The Hall–Kier alpha value is -3.48. The predicted molar refractivity (Wildman–Crippen MR) is 124 cm³/mol. The summed E-state index contributed by atoms with van der Waals surface area (Å²) in [6, 6.07) is 16.1. The van der Waals surface area contributed by atoms with Gasteiger partial charge in [-0.05, 0) is 55.0 Å². The van der Waals surface area contributed by atoms with Crippen molar-refractivity contribution in [3.63, 3.8) is 0 Å². The first-order valence-corrected chi connectivity index (χ1v) is 10.1. The van der Waals surface area contributed by atoms with Gasteiger partial charge in [0.05, 0.1) is 21.3 Å². The number of aryl methyl sites for hydroxylation is 1. The van der Waals surface area contributed by atoms with E-state index < -0.39 is 0 Å². The summed E-state index contributed by atoms with van der Waals surface area (Å²) >= 11 is 12.2. The van der Waals surface area contributed by atoms with Gasteiger partial charge in [0.2, 0.25) is 0 Å². The molecule has 4 aromatic rings. The second kappa shape index (κ2) is 9.12. The Balaban J connectivity index is 1.61. The largest absolute Gasteiger partial charge is 0.339 e. The van der Waals surface area contributed by atoms with Crippen molar-refractivity contribution < 1.29 is 4.79 Å². The molecule has 2 N–H and O–H groups in total. The average Bonchev–Trinajstić information content (AvgIpc) is 2.79. The normalized spacial score (nSPS) is 10.5. The molecule has 0 fully saturated rings. The third-order valence-corrected chi connectivity index (χ3v) is 5.43. The van der Waals surface area contributed by atoms with Crippen molar-refractivity contribution in [2.75, 3.05) is 10.6 Å². The molecule has 8 heteroatoms. The van der Waals surface area contributed by atoms with Crippen LogP contribution in [0.25, 0.3) is 11.3 Å². The van der Waals surface area contributed by atoms with Crippen LogP contribution in [0.1, 0.15) is 15.9 Å². The van der Waals surface area contributed by atoms with Gasteiger partial charge in [-0.25, -0.2) is 15.0 Å². The lowest BCUT2D eigenvalue weighted by Crippen LogP contribution is -2.13. The summed E-state index contributed by atoms with van der Waals surface area (Å²) in [5, 5.41) is 6.75. The number of benzene rings is 2. The van der Waals surface area contributed by atoms with Crippen LogP contribution >= 0.6 is 23.2 Å². The van der Waals surface area contributed by atoms with Gasteiger partial charge in [0.1, 0.15) is 12.1 Å². The van der Waals surface area contributed by atoms with Gasteiger partial charge in [0, 0.05) is 29.3 Å². The molecule has 0 saturated carbocycles. The summed E-state index contributed by atoms with van der Waals surface area (Å²) in [5.41, 5.74) is 4.28. The van der Waals surface area contributed by atoms with Crippen LogP contribution in [0.5, 0.6) is 0 Å². The van der Waals surface area contributed by atoms with Gasteiger partial charge in [0.25, 0.3) is 5.91 Å². The van der Waals surface area contributed by atoms with E-state index in [1.54, 1.807) is 30.6 Å². The highest BCUT2D eigenvalue weighted by Gasteiger charge is 2.14. The van der Waals surface area contributed by atoms with E-state index in [1.165, 1.54) is 6.33 Å². The maximum absolute atomic E-state index is 12.7. The number of aromatic nitrogens is 3. The van der Waals surface area contributed by atoms with Gasteiger partial charge in [-0.1, -0.05) is 35.3 Å². The molecular weight excluding hydrogens is 433 g/mol. The summed E-state index contributed by atoms with van der Waals surface area (Å²) in [5.74, 6) is 0.299. The maximum Gasteiger partial charge on any atom is 0.257 e. The topological polar surface area (TPSA) is 79.8 Å². The number of amides is 1. The second-order valence-corrected chi connectivity index (χ2v) is 7.49. The number of nitrogens with one attached hydrogen (secondary N) is 2. The molecule has 31 heavy (non-hydrogen) atoms. The number of carbonyl (C=O) groups excluding carboxylic acids is 1. The summed E-state index contributed by atoms with van der Waals surface area (Å²) in [6.45, 7) is 1.97. The number of halogens is 2. The van der Waals surface area contributed by atoms with Gasteiger partial charge in [-0.15, -0.1) is 0 Å². The van der Waals surface area contributed by atoms with Gasteiger partial charge >= 0.3 is 0 Å². The quantitative estimate of drug-likeness (QED) is 0.381. The highest BCUT2D eigenvalue weighted by atomic mass is 35.5. The van der Waals surface area contributed by atoms with Crippen molar-refractivity contribution in [3.8, 4) is 11.3 Å². The lowest BCUT2D eigenvalue weighted by molar-refractivity contribution is 0.102. The average molecular weight is 450 g/mol. The van der Waals surface area contributed by atoms with Crippen molar-refractivity contribution in [3.05, 3.63) is 94.5 Å². The molecule has 0 spiro atoms. The van der Waals surface area contributed by atoms with Crippen molar-refractivity contribution >= 4 is 46.3 Å². The summed E-state index contributed by atoms with van der Waals surface area (Å²) in [7, 11) is 0. The summed E-state index contributed by atoms with van der Waals surface area (Å²) in [4.78, 5) is 25.4. The van der Waals surface area contributed by atoms with Crippen LogP contribution in [0, 0.1) is 6.92 Å². The molecule has 0 radical (unpaired) electrons. The molecule has 0 aliphatic carbocycles. The minimum atomic E-state index is -0.346. The van der Waals surface area contributed by atoms with E-state index in [0.29, 0.717) is 22.1 Å². The molecule has 0 saturated heterocycles. The fraction of sp³-hybridized carbons (Fsp3) is 0.0435.